The number of carbonyl (C=O) groups excluding carboxylic acids is 2. The molecule has 3 aromatic rings. The van der Waals surface area contributed by atoms with E-state index in [0.29, 0.717) is 21.3 Å². The summed E-state index contributed by atoms with van der Waals surface area (Å²) < 4.78 is 10.7. The summed E-state index contributed by atoms with van der Waals surface area (Å²) in [4.78, 5) is 24.6. The highest BCUT2D eigenvalue weighted by molar-refractivity contribution is 6.36. The first-order valence-electron chi connectivity index (χ1n) is 9.00. The molecule has 0 unspecified atom stereocenters. The van der Waals surface area contributed by atoms with Gasteiger partial charge in [0.15, 0.2) is 5.76 Å². The zero-order chi connectivity index (χ0) is 22.4. The zero-order valence-corrected chi connectivity index (χ0v) is 18.4. The average molecular weight is 481 g/mol. The molecule has 1 amide bonds. The number of hydrazone groups is 1. The van der Waals surface area contributed by atoms with Crippen LogP contribution in [0.2, 0.25) is 15.1 Å². The van der Waals surface area contributed by atoms with Crippen molar-refractivity contribution < 1.29 is 18.7 Å². The third-order valence-corrected chi connectivity index (χ3v) is 4.75. The number of amides is 1. The summed E-state index contributed by atoms with van der Waals surface area (Å²) in [6.45, 7) is 1.83. The SMILES string of the molecule is CCOC(=O)c1c(Nc2ccc(Cl)cc2)oc(/C=N\NC(=O)c2cccc(Cl)c2)c1Cl. The van der Waals surface area contributed by atoms with Gasteiger partial charge in [0.2, 0.25) is 5.88 Å². The van der Waals surface area contributed by atoms with E-state index >= 15 is 0 Å². The van der Waals surface area contributed by atoms with E-state index in [0.717, 1.165) is 0 Å². The largest absolute Gasteiger partial charge is 0.462 e. The summed E-state index contributed by atoms with van der Waals surface area (Å²) in [5, 5.41) is 7.75. The highest BCUT2D eigenvalue weighted by atomic mass is 35.5. The molecule has 160 valence electrons. The lowest BCUT2D eigenvalue weighted by molar-refractivity contribution is 0.0527. The van der Waals surface area contributed by atoms with E-state index in [1.807, 2.05) is 0 Å². The van der Waals surface area contributed by atoms with E-state index in [1.54, 1.807) is 49.4 Å². The summed E-state index contributed by atoms with van der Waals surface area (Å²) in [5.74, 6) is -1.04. The number of ether oxygens (including phenoxy) is 1. The van der Waals surface area contributed by atoms with Crippen molar-refractivity contribution in [1.29, 1.82) is 0 Å². The predicted octanol–water partition coefficient (Wildman–Crippen LogP) is 5.92. The first-order chi connectivity index (χ1) is 14.9. The van der Waals surface area contributed by atoms with E-state index in [1.165, 1.54) is 12.3 Å². The molecule has 10 heteroatoms. The molecule has 1 aromatic heterocycles. The Kier molecular flexibility index (Phi) is 7.57. The van der Waals surface area contributed by atoms with Gasteiger partial charge in [0, 0.05) is 21.3 Å². The van der Waals surface area contributed by atoms with Gasteiger partial charge in [0.05, 0.1) is 12.8 Å². The molecule has 7 nitrogen and oxygen atoms in total. The molecule has 0 aliphatic rings. The number of furan rings is 1. The summed E-state index contributed by atoms with van der Waals surface area (Å²) in [5.41, 5.74) is 3.28. The molecule has 0 fully saturated rings. The van der Waals surface area contributed by atoms with E-state index < -0.39 is 11.9 Å². The standard InChI is InChI=1S/C21H16Cl3N3O4/c1-2-30-21(29)17-18(24)16(31-20(17)26-15-8-6-13(22)7-9-15)11-25-27-19(28)12-4-3-5-14(23)10-12/h3-11,26H,2H2,1H3,(H,27,28)/b25-11-. The molecule has 0 aliphatic heterocycles. The normalized spacial score (nSPS) is 10.8. The van der Waals surface area contributed by atoms with Crippen molar-refractivity contribution in [2.45, 2.75) is 6.92 Å². The highest BCUT2D eigenvalue weighted by Crippen LogP contribution is 2.34. The summed E-state index contributed by atoms with van der Waals surface area (Å²) in [6.07, 6.45) is 1.18. The molecule has 31 heavy (non-hydrogen) atoms. The van der Waals surface area contributed by atoms with Gasteiger partial charge in [-0.2, -0.15) is 5.10 Å². The second-order valence-electron chi connectivity index (χ2n) is 6.05. The topological polar surface area (TPSA) is 92.9 Å². The average Bonchev–Trinajstić information content (AvgIpc) is 3.04. The van der Waals surface area contributed by atoms with Crippen LogP contribution in [0.4, 0.5) is 11.6 Å². The summed E-state index contributed by atoms with van der Waals surface area (Å²) in [6, 6.07) is 13.1. The van der Waals surface area contributed by atoms with Crippen molar-refractivity contribution in [3.63, 3.8) is 0 Å². The van der Waals surface area contributed by atoms with Gasteiger partial charge in [-0.1, -0.05) is 40.9 Å². The van der Waals surface area contributed by atoms with Crippen LogP contribution in [0, 0.1) is 0 Å². The number of nitrogens with one attached hydrogen (secondary N) is 2. The quantitative estimate of drug-likeness (QED) is 0.249. The maximum atomic E-state index is 12.4. The third-order valence-electron chi connectivity index (χ3n) is 3.89. The predicted molar refractivity (Wildman–Crippen MR) is 121 cm³/mol. The molecule has 0 aliphatic carbocycles. The number of benzene rings is 2. The van der Waals surface area contributed by atoms with Gasteiger partial charge in [-0.25, -0.2) is 10.2 Å². The van der Waals surface area contributed by atoms with Crippen LogP contribution >= 0.6 is 34.8 Å². The molecule has 2 aromatic carbocycles. The number of rotatable bonds is 7. The van der Waals surface area contributed by atoms with Gasteiger partial charge in [-0.15, -0.1) is 0 Å². The van der Waals surface area contributed by atoms with Gasteiger partial charge < -0.3 is 14.5 Å². The minimum atomic E-state index is -0.671. The lowest BCUT2D eigenvalue weighted by Gasteiger charge is -2.06. The molecule has 3 rings (SSSR count). The Hall–Kier alpha value is -3.00. The van der Waals surface area contributed by atoms with Crippen LogP contribution in [-0.4, -0.2) is 24.7 Å². The molecule has 0 saturated carbocycles. The smallest absolute Gasteiger partial charge is 0.345 e. The minimum absolute atomic E-state index is 0.00100. The Morgan fingerprint density at radius 1 is 1.10 bits per heavy atom. The second kappa shape index (κ2) is 10.3. The number of hydrogen-bond acceptors (Lipinski definition) is 6. The Bertz CT molecular complexity index is 1130. The summed E-state index contributed by atoms with van der Waals surface area (Å²) in [7, 11) is 0. The van der Waals surface area contributed by atoms with E-state index in [2.05, 4.69) is 15.8 Å². The minimum Gasteiger partial charge on any atom is -0.462 e. The Balaban J connectivity index is 1.84. The van der Waals surface area contributed by atoms with Crippen LogP contribution in [-0.2, 0) is 4.74 Å². The number of halogens is 3. The Morgan fingerprint density at radius 2 is 1.84 bits per heavy atom. The van der Waals surface area contributed by atoms with E-state index in [9.17, 15) is 9.59 Å². The Morgan fingerprint density at radius 3 is 2.52 bits per heavy atom. The van der Waals surface area contributed by atoms with Crippen molar-refractivity contribution in [3.05, 3.63) is 80.5 Å². The number of carbonyl (C=O) groups is 2. The number of anilines is 2. The van der Waals surface area contributed by atoms with Gasteiger partial charge in [-0.05, 0) is 49.4 Å². The number of nitrogens with zero attached hydrogens (tertiary/aromatic N) is 1. The van der Waals surface area contributed by atoms with Crippen molar-refractivity contribution in [2.75, 3.05) is 11.9 Å². The highest BCUT2D eigenvalue weighted by Gasteiger charge is 2.25. The van der Waals surface area contributed by atoms with Crippen LogP contribution < -0.4 is 10.7 Å². The summed E-state index contributed by atoms with van der Waals surface area (Å²) >= 11 is 18.1. The van der Waals surface area contributed by atoms with Crippen molar-refractivity contribution >= 4 is 64.5 Å². The fourth-order valence-corrected chi connectivity index (χ4v) is 3.06. The zero-order valence-electron chi connectivity index (χ0n) is 16.1. The number of esters is 1. The van der Waals surface area contributed by atoms with Gasteiger partial charge >= 0.3 is 5.97 Å². The Labute approximate surface area is 192 Å². The van der Waals surface area contributed by atoms with Crippen LogP contribution in [0.25, 0.3) is 0 Å². The third kappa shape index (κ3) is 5.79. The molecule has 0 spiro atoms. The van der Waals surface area contributed by atoms with Crippen molar-refractivity contribution in [3.8, 4) is 0 Å². The van der Waals surface area contributed by atoms with Crippen LogP contribution in [0.1, 0.15) is 33.4 Å². The first kappa shape index (κ1) is 22.7. The van der Waals surface area contributed by atoms with E-state index in [-0.39, 0.29) is 28.8 Å². The monoisotopic (exact) mass is 479 g/mol. The lowest BCUT2D eigenvalue weighted by atomic mass is 10.2. The maximum Gasteiger partial charge on any atom is 0.345 e. The van der Waals surface area contributed by atoms with Gasteiger partial charge in [0.1, 0.15) is 10.6 Å². The maximum absolute atomic E-state index is 12.4. The van der Waals surface area contributed by atoms with Crippen LogP contribution in [0.3, 0.4) is 0 Å². The van der Waals surface area contributed by atoms with Crippen LogP contribution in [0.5, 0.6) is 0 Å². The van der Waals surface area contributed by atoms with Crippen LogP contribution in [0.15, 0.2) is 58.0 Å². The number of hydrogen-bond donors (Lipinski definition) is 2. The molecule has 0 saturated heterocycles. The van der Waals surface area contributed by atoms with Crippen molar-refractivity contribution in [2.24, 2.45) is 5.10 Å². The first-order valence-corrected chi connectivity index (χ1v) is 10.1. The molecule has 1 heterocycles. The molecular formula is C21H16Cl3N3O4. The molecule has 0 bridgehead atoms. The fraction of sp³-hybridized carbons (Fsp3) is 0.0952. The molecule has 0 radical (unpaired) electrons. The van der Waals surface area contributed by atoms with E-state index in [4.69, 9.17) is 44.0 Å². The molecular weight excluding hydrogens is 465 g/mol. The van der Waals surface area contributed by atoms with Crippen molar-refractivity contribution in [1.82, 2.24) is 5.43 Å². The van der Waals surface area contributed by atoms with Gasteiger partial charge in [0.25, 0.3) is 5.91 Å². The second-order valence-corrected chi connectivity index (χ2v) is 7.30. The fourth-order valence-electron chi connectivity index (χ4n) is 2.49. The lowest BCUT2D eigenvalue weighted by Crippen LogP contribution is -2.17. The molecule has 2 N–H and O–H groups in total. The molecule has 0 atom stereocenters. The van der Waals surface area contributed by atoms with Gasteiger partial charge in [-0.3, -0.25) is 4.79 Å².